The highest BCUT2D eigenvalue weighted by Crippen LogP contribution is 2.47. The van der Waals surface area contributed by atoms with Crippen molar-refractivity contribution in [2.24, 2.45) is 0 Å². The van der Waals surface area contributed by atoms with E-state index in [9.17, 15) is 9.59 Å². The number of amides is 1. The number of carbonyl (C=O) groups is 2. The van der Waals surface area contributed by atoms with Gasteiger partial charge in [-0.25, -0.2) is 0 Å². The SMILES string of the molecule is O=C1N[C@@H](Cc2ccccc2)C(=O)C1=P(c1ccccc1)(c1ccccc1)c1ccccc1. The van der Waals surface area contributed by atoms with Crippen LogP contribution in [0.2, 0.25) is 0 Å². The summed E-state index contributed by atoms with van der Waals surface area (Å²) >= 11 is 0. The average Bonchev–Trinajstić information content (AvgIpc) is 3.15. The second-order valence-corrected chi connectivity index (χ2v) is 11.4. The number of nitrogens with one attached hydrogen (secondary N) is 1. The molecule has 0 unspecified atom stereocenters. The lowest BCUT2D eigenvalue weighted by Gasteiger charge is -2.30. The number of hydrogen-bond donors (Lipinski definition) is 1. The molecule has 3 nitrogen and oxygen atoms in total. The van der Waals surface area contributed by atoms with E-state index in [4.69, 9.17) is 0 Å². The van der Waals surface area contributed by atoms with E-state index in [-0.39, 0.29) is 11.7 Å². The Morgan fingerprint density at radius 3 is 1.39 bits per heavy atom. The van der Waals surface area contributed by atoms with Gasteiger partial charge in [0.05, 0.1) is 11.3 Å². The third-order valence-electron chi connectivity index (χ3n) is 6.12. The molecule has 1 amide bonds. The van der Waals surface area contributed by atoms with Gasteiger partial charge in [0, 0.05) is 6.42 Å². The molecule has 0 saturated carbocycles. The molecule has 1 fully saturated rings. The maximum Gasteiger partial charge on any atom is 0.256 e. The quantitative estimate of drug-likeness (QED) is 0.475. The van der Waals surface area contributed by atoms with Crippen LogP contribution in [0.25, 0.3) is 0 Å². The molecule has 0 spiro atoms. The Kier molecular flexibility index (Phi) is 5.81. The monoisotopic (exact) mass is 449 g/mol. The molecule has 4 aromatic carbocycles. The van der Waals surface area contributed by atoms with Crippen molar-refractivity contribution < 1.29 is 9.59 Å². The Morgan fingerprint density at radius 1 is 0.576 bits per heavy atom. The van der Waals surface area contributed by atoms with Crippen molar-refractivity contribution in [3.8, 4) is 0 Å². The zero-order valence-corrected chi connectivity index (χ0v) is 19.0. The van der Waals surface area contributed by atoms with Gasteiger partial charge >= 0.3 is 0 Å². The lowest BCUT2D eigenvalue weighted by atomic mass is 10.0. The molecule has 4 heteroatoms. The Hall–Kier alpha value is -3.68. The second kappa shape index (κ2) is 9.05. The summed E-state index contributed by atoms with van der Waals surface area (Å²) in [5.41, 5.74) is 1.03. The number of carbonyl (C=O) groups excluding carboxylic acids is 2. The highest BCUT2D eigenvalue weighted by atomic mass is 31.2. The van der Waals surface area contributed by atoms with Gasteiger partial charge in [-0.05, 0) is 28.4 Å². The van der Waals surface area contributed by atoms with Gasteiger partial charge in [0.25, 0.3) is 5.91 Å². The largest absolute Gasteiger partial charge is 0.341 e. The Bertz CT molecular complexity index is 1230. The van der Waals surface area contributed by atoms with Crippen molar-refractivity contribution in [3.05, 3.63) is 127 Å². The minimum Gasteiger partial charge on any atom is -0.341 e. The van der Waals surface area contributed by atoms with Crippen molar-refractivity contribution in [3.63, 3.8) is 0 Å². The fraction of sp³-hybridized carbons (Fsp3) is 0.0690. The summed E-state index contributed by atoms with van der Waals surface area (Å²) < 4.78 is 0. The van der Waals surface area contributed by atoms with E-state index in [1.165, 1.54) is 0 Å². The third kappa shape index (κ3) is 3.75. The Labute approximate surface area is 194 Å². The van der Waals surface area contributed by atoms with Crippen molar-refractivity contribution in [2.75, 3.05) is 0 Å². The molecule has 1 atom stereocenters. The summed E-state index contributed by atoms with van der Waals surface area (Å²) in [6, 6.07) is 39.4. The van der Waals surface area contributed by atoms with Crippen LogP contribution < -0.4 is 21.2 Å². The Balaban J connectivity index is 1.82. The van der Waals surface area contributed by atoms with Gasteiger partial charge in [-0.2, -0.15) is 0 Å². The summed E-state index contributed by atoms with van der Waals surface area (Å²) in [6.07, 6.45) is 0.479. The highest BCUT2D eigenvalue weighted by Gasteiger charge is 2.44. The number of benzene rings is 4. The number of Topliss-reactive ketones (excluding diaryl/α,β-unsaturated/α-hetero) is 1. The molecule has 1 aliphatic heterocycles. The second-order valence-electron chi connectivity index (χ2n) is 8.11. The van der Waals surface area contributed by atoms with E-state index in [1.807, 2.05) is 121 Å². The molecule has 1 N–H and O–H groups in total. The van der Waals surface area contributed by atoms with Crippen LogP contribution >= 0.6 is 6.89 Å². The van der Waals surface area contributed by atoms with Crippen LogP contribution in [0.4, 0.5) is 0 Å². The van der Waals surface area contributed by atoms with Gasteiger partial charge in [-0.3, -0.25) is 9.59 Å². The number of ketones is 1. The third-order valence-corrected chi connectivity index (χ3v) is 10.4. The van der Waals surface area contributed by atoms with Crippen LogP contribution in [0, 0.1) is 0 Å². The molecule has 5 rings (SSSR count). The highest BCUT2D eigenvalue weighted by molar-refractivity contribution is 7.97. The molecule has 33 heavy (non-hydrogen) atoms. The lowest BCUT2D eigenvalue weighted by molar-refractivity contribution is -0.115. The molecule has 4 aromatic rings. The number of hydrogen-bond acceptors (Lipinski definition) is 2. The van der Waals surface area contributed by atoms with Crippen molar-refractivity contribution in [2.45, 2.75) is 12.5 Å². The van der Waals surface area contributed by atoms with Crippen molar-refractivity contribution in [1.29, 1.82) is 0 Å². The molecule has 0 aromatic heterocycles. The molecule has 0 aliphatic carbocycles. The van der Waals surface area contributed by atoms with Gasteiger partial charge in [0.2, 0.25) is 0 Å². The number of rotatable bonds is 5. The summed E-state index contributed by atoms with van der Waals surface area (Å²) in [5, 5.41) is 6.40. The van der Waals surface area contributed by atoms with Gasteiger partial charge in [-0.1, -0.05) is 121 Å². The first-order valence-electron chi connectivity index (χ1n) is 11.0. The topological polar surface area (TPSA) is 46.2 Å². The molecule has 0 radical (unpaired) electrons. The fourth-order valence-electron chi connectivity index (χ4n) is 4.67. The standard InChI is InChI=1S/C29H24NO2P/c31-27-26(21-22-13-5-1-6-14-22)30-29(32)28(27)33(23-15-7-2-8-16-23,24-17-9-3-10-18-24)25-19-11-4-12-20-25/h1-20,26H,21H2,(H,30,32)/t26-/m0/s1. The smallest absolute Gasteiger partial charge is 0.256 e. The fourth-order valence-corrected chi connectivity index (χ4v) is 9.05. The molecule has 0 bridgehead atoms. The van der Waals surface area contributed by atoms with Gasteiger partial charge in [-0.15, -0.1) is 0 Å². The van der Waals surface area contributed by atoms with Crippen LogP contribution in [-0.4, -0.2) is 23.0 Å². The van der Waals surface area contributed by atoms with E-state index < -0.39 is 12.9 Å². The molecule has 1 heterocycles. The minimum atomic E-state index is -2.70. The van der Waals surface area contributed by atoms with Crippen LogP contribution in [0.15, 0.2) is 121 Å². The molecular weight excluding hydrogens is 425 g/mol. The summed E-state index contributed by atoms with van der Waals surface area (Å²) in [4.78, 5) is 27.6. The average molecular weight is 449 g/mol. The zero-order valence-electron chi connectivity index (χ0n) is 18.1. The lowest BCUT2D eigenvalue weighted by Crippen LogP contribution is -2.35. The molecule has 162 valence electrons. The molecule has 1 saturated heterocycles. The van der Waals surface area contributed by atoms with E-state index in [2.05, 4.69) is 5.32 Å². The van der Waals surface area contributed by atoms with Crippen molar-refractivity contribution >= 4 is 39.8 Å². The predicted octanol–water partition coefficient (Wildman–Crippen LogP) is 3.46. The van der Waals surface area contributed by atoms with E-state index in [0.29, 0.717) is 11.7 Å². The van der Waals surface area contributed by atoms with E-state index in [1.54, 1.807) is 0 Å². The van der Waals surface area contributed by atoms with E-state index in [0.717, 1.165) is 21.5 Å². The summed E-state index contributed by atoms with van der Waals surface area (Å²) in [6.45, 7) is -2.70. The van der Waals surface area contributed by atoms with Crippen LogP contribution in [0.1, 0.15) is 5.56 Å². The molecule has 1 aliphatic rings. The van der Waals surface area contributed by atoms with Gasteiger partial charge in [0.1, 0.15) is 0 Å². The first-order valence-corrected chi connectivity index (χ1v) is 12.8. The minimum absolute atomic E-state index is 0.103. The van der Waals surface area contributed by atoms with Crippen molar-refractivity contribution in [1.82, 2.24) is 5.32 Å². The summed E-state index contributed by atoms with van der Waals surface area (Å²) in [5.74, 6) is -0.362. The van der Waals surface area contributed by atoms with E-state index >= 15 is 0 Å². The zero-order chi connectivity index (χ0) is 22.7. The van der Waals surface area contributed by atoms with Crippen LogP contribution in [0.3, 0.4) is 0 Å². The van der Waals surface area contributed by atoms with Crippen LogP contribution in [0.5, 0.6) is 0 Å². The summed E-state index contributed by atoms with van der Waals surface area (Å²) in [7, 11) is 0. The van der Waals surface area contributed by atoms with Crippen LogP contribution in [-0.2, 0) is 16.0 Å². The molecular formula is C29H24NO2P. The maximum atomic E-state index is 14.0. The first kappa shape index (κ1) is 21.2. The maximum absolute atomic E-state index is 14.0. The first-order chi connectivity index (χ1) is 16.2. The Morgan fingerprint density at radius 2 is 0.970 bits per heavy atom. The predicted molar refractivity (Wildman–Crippen MR) is 137 cm³/mol. The van der Waals surface area contributed by atoms with Gasteiger partial charge in [0.15, 0.2) is 5.78 Å². The normalized spacial score (nSPS) is 16.0. The van der Waals surface area contributed by atoms with Gasteiger partial charge < -0.3 is 5.32 Å².